The normalized spacial score (nSPS) is 11.2. The fraction of sp³-hybridized carbons (Fsp3) is 0.120. The number of methoxy groups -OCH3 is 1. The summed E-state index contributed by atoms with van der Waals surface area (Å²) in [5.41, 5.74) is -1.25. The lowest BCUT2D eigenvalue weighted by Crippen LogP contribution is -2.43. The number of aromatic nitrogens is 4. The average molecular weight is 542 g/mol. The van der Waals surface area contributed by atoms with Crippen LogP contribution < -0.4 is 27.0 Å². The van der Waals surface area contributed by atoms with Crippen LogP contribution in [0.1, 0.15) is 11.1 Å². The molecule has 0 saturated heterocycles. The first-order chi connectivity index (χ1) is 18.2. The molecule has 5 aromatic rings. The zero-order chi connectivity index (χ0) is 27.0. The monoisotopic (exact) mass is 541 g/mol. The van der Waals surface area contributed by atoms with Crippen molar-refractivity contribution >= 4 is 33.2 Å². The number of fused-ring (bicyclic) bond motifs is 1. The topological polar surface area (TPSA) is 111 Å². The van der Waals surface area contributed by atoms with Gasteiger partial charge in [0.2, 0.25) is 5.95 Å². The summed E-state index contributed by atoms with van der Waals surface area (Å²) in [5, 5.41) is 4.63. The fourth-order valence-corrected chi connectivity index (χ4v) is 4.65. The number of hydrogen-bond acceptors (Lipinski definition) is 7. The molecule has 0 amide bonds. The maximum absolute atomic E-state index is 13.9. The molecule has 38 heavy (non-hydrogen) atoms. The second kappa shape index (κ2) is 10.0. The Labute approximate surface area is 215 Å². The van der Waals surface area contributed by atoms with Crippen LogP contribution in [0.15, 0.2) is 68.3 Å². The number of thiophene rings is 1. The molecular formula is C25H18F3N5O4S. The number of anilines is 2. The third-order valence-corrected chi connectivity index (χ3v) is 6.61. The highest BCUT2D eigenvalue weighted by atomic mass is 32.1. The molecule has 0 aliphatic rings. The average Bonchev–Trinajstić information content (AvgIpc) is 3.34. The summed E-state index contributed by atoms with van der Waals surface area (Å²) in [5.74, 6) is -4.19. The van der Waals surface area contributed by atoms with Crippen molar-refractivity contribution in [3.8, 4) is 5.75 Å². The predicted octanol–water partition coefficient (Wildman–Crippen LogP) is 3.57. The van der Waals surface area contributed by atoms with Crippen LogP contribution in [0.25, 0.3) is 10.2 Å². The van der Waals surface area contributed by atoms with Gasteiger partial charge in [0.15, 0.2) is 17.5 Å². The van der Waals surface area contributed by atoms with E-state index in [2.05, 4.69) is 15.3 Å². The summed E-state index contributed by atoms with van der Waals surface area (Å²) in [6.45, 7) is -0.859. The Hall–Kier alpha value is -4.65. The van der Waals surface area contributed by atoms with Crippen molar-refractivity contribution in [2.24, 2.45) is 0 Å². The zero-order valence-corrected chi connectivity index (χ0v) is 20.4. The van der Waals surface area contributed by atoms with Gasteiger partial charge in [-0.3, -0.25) is 9.36 Å². The van der Waals surface area contributed by atoms with Gasteiger partial charge in [0.05, 0.1) is 30.4 Å². The number of halogens is 3. The van der Waals surface area contributed by atoms with E-state index in [9.17, 15) is 27.6 Å². The van der Waals surface area contributed by atoms with Gasteiger partial charge < -0.3 is 15.0 Å². The Morgan fingerprint density at radius 3 is 2.37 bits per heavy atom. The van der Waals surface area contributed by atoms with E-state index in [0.717, 1.165) is 26.0 Å². The van der Waals surface area contributed by atoms with Gasteiger partial charge in [-0.05, 0) is 59.5 Å². The van der Waals surface area contributed by atoms with Crippen LogP contribution in [0, 0.1) is 17.5 Å². The Balaban J connectivity index is 1.61. The number of nitrogens with one attached hydrogen (secondary N) is 2. The van der Waals surface area contributed by atoms with Crippen LogP contribution in [0.3, 0.4) is 0 Å². The molecule has 3 heterocycles. The quantitative estimate of drug-likeness (QED) is 0.305. The van der Waals surface area contributed by atoms with Crippen LogP contribution in [0.4, 0.5) is 24.8 Å². The number of H-pyrrole nitrogens is 1. The van der Waals surface area contributed by atoms with E-state index in [4.69, 9.17) is 4.74 Å². The van der Waals surface area contributed by atoms with Crippen LogP contribution in [-0.4, -0.2) is 26.2 Å². The molecule has 194 valence electrons. The summed E-state index contributed by atoms with van der Waals surface area (Å²) >= 11 is 1.37. The molecule has 0 aliphatic carbocycles. The number of hydrogen-bond donors (Lipinski definition) is 2. The molecule has 0 saturated carbocycles. The Morgan fingerprint density at radius 2 is 1.68 bits per heavy atom. The van der Waals surface area contributed by atoms with Gasteiger partial charge in [-0.15, -0.1) is 11.3 Å². The van der Waals surface area contributed by atoms with E-state index in [0.29, 0.717) is 17.0 Å². The van der Waals surface area contributed by atoms with Crippen LogP contribution in [0.2, 0.25) is 0 Å². The number of pyridine rings is 1. The number of ether oxygens (including phenoxy) is 1. The molecular weight excluding hydrogens is 523 g/mol. The second-order valence-corrected chi connectivity index (χ2v) is 9.17. The van der Waals surface area contributed by atoms with Gasteiger partial charge in [0.25, 0.3) is 5.56 Å². The summed E-state index contributed by atoms with van der Waals surface area (Å²) in [7, 11) is 1.49. The minimum Gasteiger partial charge on any atom is -0.497 e. The van der Waals surface area contributed by atoms with Gasteiger partial charge in [-0.25, -0.2) is 27.3 Å². The lowest BCUT2D eigenvalue weighted by atomic mass is 10.2. The Morgan fingerprint density at radius 1 is 0.974 bits per heavy atom. The van der Waals surface area contributed by atoms with Gasteiger partial charge in [0, 0.05) is 11.3 Å². The van der Waals surface area contributed by atoms with Crippen molar-refractivity contribution in [3.63, 3.8) is 0 Å². The molecule has 0 radical (unpaired) electrons. The third-order valence-electron chi connectivity index (χ3n) is 5.75. The largest absolute Gasteiger partial charge is 0.497 e. The van der Waals surface area contributed by atoms with E-state index < -0.39 is 47.5 Å². The van der Waals surface area contributed by atoms with Gasteiger partial charge in [-0.2, -0.15) is 4.98 Å². The highest BCUT2D eigenvalue weighted by Gasteiger charge is 2.18. The minimum absolute atomic E-state index is 0.0915. The maximum atomic E-state index is 13.9. The molecule has 0 bridgehead atoms. The lowest BCUT2D eigenvalue weighted by Gasteiger charge is -2.16. The van der Waals surface area contributed by atoms with Crippen LogP contribution in [-0.2, 0) is 13.1 Å². The standard InChI is InChI=1S/C25H18F3N5O4S/c1-37-16-4-2-15(3-5-16)29-23-31-24(35)33(12-14-10-20-19(6-7-38-20)30-22(14)34)25(36)32(23)11-13-8-17(26)21(28)18(27)9-13/h2-10H,11-12H2,1H3,(H,30,34)(H,29,31,35). The van der Waals surface area contributed by atoms with Crippen molar-refractivity contribution in [1.82, 2.24) is 19.1 Å². The van der Waals surface area contributed by atoms with Gasteiger partial charge >= 0.3 is 11.4 Å². The molecule has 2 aromatic carbocycles. The SMILES string of the molecule is COc1ccc(Nc2nc(=O)n(Cc3cc4sccc4[nH]c3=O)c(=O)n2Cc2cc(F)c(F)c(F)c2)cc1. The van der Waals surface area contributed by atoms with Crippen LogP contribution >= 0.6 is 11.3 Å². The first kappa shape index (κ1) is 25.0. The first-order valence-electron chi connectivity index (χ1n) is 11.1. The van der Waals surface area contributed by atoms with E-state index in [1.807, 2.05) is 0 Å². The number of aromatic amines is 1. The smallest absolute Gasteiger partial charge is 0.355 e. The molecule has 5 rings (SSSR count). The van der Waals surface area contributed by atoms with E-state index in [1.165, 1.54) is 18.4 Å². The predicted molar refractivity (Wildman–Crippen MR) is 136 cm³/mol. The van der Waals surface area contributed by atoms with Gasteiger partial charge in [-0.1, -0.05) is 0 Å². The number of benzene rings is 2. The Bertz CT molecular complexity index is 1820. The molecule has 2 N–H and O–H groups in total. The van der Waals surface area contributed by atoms with Gasteiger partial charge in [0.1, 0.15) is 5.75 Å². The molecule has 3 aromatic heterocycles. The van der Waals surface area contributed by atoms with E-state index >= 15 is 0 Å². The van der Waals surface area contributed by atoms with E-state index in [1.54, 1.807) is 41.8 Å². The number of nitrogens with zero attached hydrogens (tertiary/aromatic N) is 3. The summed E-state index contributed by atoms with van der Waals surface area (Å²) < 4.78 is 48.9. The second-order valence-electron chi connectivity index (χ2n) is 8.22. The fourth-order valence-electron chi connectivity index (χ4n) is 3.84. The van der Waals surface area contributed by atoms with Crippen LogP contribution in [0.5, 0.6) is 5.75 Å². The summed E-state index contributed by atoms with van der Waals surface area (Å²) in [4.78, 5) is 45.7. The number of rotatable bonds is 7. The van der Waals surface area contributed by atoms with E-state index in [-0.39, 0.29) is 17.1 Å². The molecule has 0 aliphatic heterocycles. The highest BCUT2D eigenvalue weighted by molar-refractivity contribution is 7.17. The summed E-state index contributed by atoms with van der Waals surface area (Å²) in [6.07, 6.45) is 0. The molecule has 0 spiro atoms. The zero-order valence-electron chi connectivity index (χ0n) is 19.6. The molecule has 0 atom stereocenters. The maximum Gasteiger partial charge on any atom is 0.355 e. The molecule has 9 nitrogen and oxygen atoms in total. The van der Waals surface area contributed by atoms with Crippen molar-refractivity contribution in [3.05, 3.63) is 114 Å². The summed E-state index contributed by atoms with van der Waals surface area (Å²) in [6, 6.07) is 11.3. The van der Waals surface area contributed by atoms with Crippen molar-refractivity contribution in [2.75, 3.05) is 12.4 Å². The minimum atomic E-state index is -1.65. The van der Waals surface area contributed by atoms with Crippen molar-refractivity contribution < 1.29 is 17.9 Å². The first-order valence-corrected chi connectivity index (χ1v) is 12.0. The van der Waals surface area contributed by atoms with Crippen molar-refractivity contribution in [2.45, 2.75) is 13.1 Å². The molecule has 13 heteroatoms. The Kier molecular flexibility index (Phi) is 6.59. The van der Waals surface area contributed by atoms with Crippen molar-refractivity contribution in [1.29, 1.82) is 0 Å². The lowest BCUT2D eigenvalue weighted by molar-refractivity contribution is 0.415. The molecule has 0 unspecified atom stereocenters. The molecule has 0 fully saturated rings. The third kappa shape index (κ3) is 4.83. The highest BCUT2D eigenvalue weighted by Crippen LogP contribution is 2.20.